The summed E-state index contributed by atoms with van der Waals surface area (Å²) in [7, 11) is 1.57. The van der Waals surface area contributed by atoms with Gasteiger partial charge in [-0.3, -0.25) is 4.79 Å². The van der Waals surface area contributed by atoms with Crippen LogP contribution in [0.25, 0.3) is 6.15 Å². The van der Waals surface area contributed by atoms with Crippen LogP contribution in [0.1, 0.15) is 29.8 Å². The van der Waals surface area contributed by atoms with E-state index in [-0.39, 0.29) is 38.9 Å². The van der Waals surface area contributed by atoms with E-state index in [1.54, 1.807) is 13.2 Å². The largest absolute Gasteiger partial charge is 0.693 e. The molecule has 4 heteroatoms. The van der Waals surface area contributed by atoms with E-state index < -0.39 is 0 Å². The Hall–Kier alpha value is -0.376. The van der Waals surface area contributed by atoms with Crippen molar-refractivity contribution in [2.24, 2.45) is 0 Å². The van der Waals surface area contributed by atoms with Crippen molar-refractivity contribution in [3.8, 4) is 5.75 Å². The Bertz CT molecular complexity index is 313. The van der Waals surface area contributed by atoms with E-state index in [9.17, 15) is 4.79 Å². The second-order valence-electron chi connectivity index (χ2n) is 3.07. The van der Waals surface area contributed by atoms with Crippen molar-refractivity contribution in [3.05, 3.63) is 41.4 Å². The van der Waals surface area contributed by atoms with Crippen LogP contribution in [0.4, 0.5) is 0 Å². The van der Waals surface area contributed by atoms with Crippen LogP contribution in [-0.4, -0.2) is 13.4 Å². The van der Waals surface area contributed by atoms with E-state index in [0.29, 0.717) is 11.3 Å². The normalized spacial score (nSPS) is 8.20. The first kappa shape index (κ1) is 17.0. The van der Waals surface area contributed by atoms with Gasteiger partial charge in [0, 0.05) is 38.3 Å². The summed E-state index contributed by atoms with van der Waals surface area (Å²) in [6, 6.07) is 5.56. The van der Waals surface area contributed by atoms with Crippen LogP contribution in [0.3, 0.4) is 0 Å². The molecule has 3 nitrogen and oxygen atoms in total. The van der Waals surface area contributed by atoms with Gasteiger partial charge in [0.1, 0.15) is 0 Å². The number of ether oxygens (including phenoxy) is 1. The molecule has 0 aliphatic heterocycles. The third kappa shape index (κ3) is 4.33. The third-order valence-electron chi connectivity index (χ3n) is 1.94. The molecule has 1 aromatic rings. The fraction of sp³-hybridized carbons (Fsp3) is 0.273. The van der Waals surface area contributed by atoms with Gasteiger partial charge < -0.3 is 10.9 Å². The molecule has 0 aliphatic rings. The molecule has 0 bridgehead atoms. The number of rotatable bonds is 3. The van der Waals surface area contributed by atoms with Crippen LogP contribution >= 0.6 is 0 Å². The Morgan fingerprint density at radius 2 is 1.93 bits per heavy atom. The van der Waals surface area contributed by atoms with Gasteiger partial charge in [0.05, 0.1) is 12.9 Å². The van der Waals surface area contributed by atoms with Crippen molar-refractivity contribution in [2.75, 3.05) is 7.11 Å². The Kier molecular flexibility index (Phi) is 8.92. The molecule has 0 fully saturated rings. The number of carbonyl (C=O) groups is 1. The summed E-state index contributed by atoms with van der Waals surface area (Å²) in [4.78, 5) is 10.6. The van der Waals surface area contributed by atoms with E-state index in [2.05, 4.69) is 0 Å². The summed E-state index contributed by atoms with van der Waals surface area (Å²) in [5, 5.41) is 0. The number of hydrogen-bond acceptors (Lipinski definition) is 2. The smallest absolute Gasteiger partial charge is 0.151 e. The van der Waals surface area contributed by atoms with E-state index in [0.717, 1.165) is 11.8 Å². The summed E-state index contributed by atoms with van der Waals surface area (Å²) >= 11 is 0. The van der Waals surface area contributed by atoms with Crippen molar-refractivity contribution < 1.29 is 42.2 Å². The maximum atomic E-state index is 10.6. The molecule has 0 unspecified atom stereocenters. The molecular formula is C11H15NO2Y-2. The quantitative estimate of drug-likeness (QED) is 0.631. The van der Waals surface area contributed by atoms with Crippen LogP contribution in [0.15, 0.2) is 18.2 Å². The molecule has 81 valence electrons. The molecule has 1 radical (unpaired) electrons. The van der Waals surface area contributed by atoms with Crippen LogP contribution in [0.2, 0.25) is 0 Å². The summed E-state index contributed by atoms with van der Waals surface area (Å²) in [5.74, 6) is 1.84. The number of aldehydes is 1. The Balaban J connectivity index is 0. The first-order chi connectivity index (χ1) is 6.19. The van der Waals surface area contributed by atoms with Crippen LogP contribution in [0.5, 0.6) is 5.75 Å². The second-order valence-corrected chi connectivity index (χ2v) is 3.07. The molecule has 0 heterocycles. The standard InChI is InChI=1S/C11H13O2.H2N.Y/c1-8(2)9-4-5-10(7-12)11(6-9)13-3;;/h4-7H,1-3H3;1H2;/q2*-1;. The Morgan fingerprint density at radius 1 is 1.33 bits per heavy atom. The average molecular weight is 282 g/mol. The van der Waals surface area contributed by atoms with Gasteiger partial charge in [-0.25, -0.2) is 0 Å². The molecular weight excluding hydrogens is 267 g/mol. The number of hydrogen-bond donors (Lipinski definition) is 0. The first-order valence-corrected chi connectivity index (χ1v) is 4.12. The van der Waals surface area contributed by atoms with Gasteiger partial charge in [0.25, 0.3) is 0 Å². The van der Waals surface area contributed by atoms with E-state index in [1.807, 2.05) is 26.0 Å². The zero-order valence-corrected chi connectivity index (χ0v) is 12.1. The minimum atomic E-state index is 0. The van der Waals surface area contributed by atoms with Crippen LogP contribution < -0.4 is 4.74 Å². The molecule has 0 aliphatic carbocycles. The van der Waals surface area contributed by atoms with Gasteiger partial charge >= 0.3 is 0 Å². The van der Waals surface area contributed by atoms with Crippen LogP contribution in [0, 0.1) is 5.92 Å². The van der Waals surface area contributed by atoms with Gasteiger partial charge in [-0.15, -0.1) is 12.1 Å². The molecule has 0 saturated carbocycles. The van der Waals surface area contributed by atoms with Crippen LogP contribution in [-0.2, 0) is 32.7 Å². The maximum absolute atomic E-state index is 10.6. The molecule has 1 rings (SSSR count). The summed E-state index contributed by atoms with van der Waals surface area (Å²) in [6.45, 7) is 4.05. The monoisotopic (exact) mass is 282 g/mol. The van der Waals surface area contributed by atoms with E-state index in [1.165, 1.54) is 5.92 Å². The van der Waals surface area contributed by atoms with Crippen molar-refractivity contribution in [1.29, 1.82) is 0 Å². The summed E-state index contributed by atoms with van der Waals surface area (Å²) < 4.78 is 5.08. The van der Waals surface area contributed by atoms with Gasteiger partial charge in [0.15, 0.2) is 6.29 Å². The predicted octanol–water partition coefficient (Wildman–Crippen LogP) is 3.18. The molecule has 0 saturated heterocycles. The summed E-state index contributed by atoms with van der Waals surface area (Å²) in [6.07, 6.45) is 0.799. The van der Waals surface area contributed by atoms with Crippen molar-refractivity contribution >= 4 is 6.29 Å². The number of benzene rings is 1. The maximum Gasteiger partial charge on any atom is 0.151 e. The van der Waals surface area contributed by atoms with E-state index in [4.69, 9.17) is 4.74 Å². The minimum absolute atomic E-state index is 0. The van der Waals surface area contributed by atoms with Crippen molar-refractivity contribution in [1.82, 2.24) is 0 Å². The summed E-state index contributed by atoms with van der Waals surface area (Å²) in [5.41, 5.74) is 1.69. The Morgan fingerprint density at radius 3 is 2.33 bits per heavy atom. The first-order valence-electron chi connectivity index (χ1n) is 4.12. The van der Waals surface area contributed by atoms with E-state index >= 15 is 0 Å². The minimum Gasteiger partial charge on any atom is -0.693 e. The molecule has 0 aromatic heterocycles. The van der Waals surface area contributed by atoms with Crippen molar-refractivity contribution in [2.45, 2.75) is 13.8 Å². The number of carbonyl (C=O) groups excluding carboxylic acids is 1. The fourth-order valence-corrected chi connectivity index (χ4v) is 1.12. The number of methoxy groups -OCH3 is 1. The predicted molar refractivity (Wildman–Crippen MR) is 57.4 cm³/mol. The second kappa shape index (κ2) is 7.86. The molecule has 2 N–H and O–H groups in total. The van der Waals surface area contributed by atoms with Gasteiger partial charge in [-0.05, 0) is 0 Å². The zero-order valence-electron chi connectivity index (χ0n) is 9.28. The van der Waals surface area contributed by atoms with Gasteiger partial charge in [-0.2, -0.15) is 17.5 Å². The molecule has 0 spiro atoms. The third-order valence-corrected chi connectivity index (χ3v) is 1.94. The molecule has 0 atom stereocenters. The zero-order chi connectivity index (χ0) is 9.84. The van der Waals surface area contributed by atoms with Crippen molar-refractivity contribution in [3.63, 3.8) is 0 Å². The SMILES string of the molecule is COc1cc([C-](C)C)ccc1C=O.[NH2-].[Y]. The molecule has 1 aromatic carbocycles. The van der Waals surface area contributed by atoms with Gasteiger partial charge in [-0.1, -0.05) is 13.8 Å². The topological polar surface area (TPSA) is 59.8 Å². The van der Waals surface area contributed by atoms with Gasteiger partial charge in [0.2, 0.25) is 0 Å². The molecule has 15 heavy (non-hydrogen) atoms. The molecule has 0 amide bonds. The average Bonchev–Trinajstić information content (AvgIpc) is 2.16. The Labute approximate surface area is 116 Å². The fourth-order valence-electron chi connectivity index (χ4n) is 1.12. The number of nitrogens with two attached hydrogens (primary N) is 1.